The van der Waals surface area contributed by atoms with Crippen LogP contribution in [0.3, 0.4) is 0 Å². The summed E-state index contributed by atoms with van der Waals surface area (Å²) in [6.45, 7) is 45.9. The Bertz CT molecular complexity index is 7280. The topological polar surface area (TPSA) is 92.1 Å². The predicted octanol–water partition coefficient (Wildman–Crippen LogP) is 34.4. The van der Waals surface area contributed by atoms with Crippen molar-refractivity contribution in [3.63, 3.8) is 0 Å². The van der Waals surface area contributed by atoms with Crippen molar-refractivity contribution in [2.24, 2.45) is 10.8 Å². The van der Waals surface area contributed by atoms with E-state index in [0.29, 0.717) is 0 Å². The van der Waals surface area contributed by atoms with Gasteiger partial charge in [0.25, 0.3) is 0 Å². The fourth-order valence-electron chi connectivity index (χ4n) is 20.4. The van der Waals surface area contributed by atoms with E-state index < -0.39 is 0 Å². The SMILES string of the molecule is Cc1cc(C)cc(-c2cn(-c3c(C(C)C)cc(-c4cc(-c5ccc(C(C)(C)CC(C)(C)C)cc5)cc(-c5ccc(C(C)(C)CC(C)(C)C)cc5)c4)cc3C(C)C)c(-c3[c-]cccc3)n2)c1.Cc1cc(C)cc(-c2cn(-c3c(C)cc(-c4ccccc4)cc3C)c(-c3[c-]cccc3)n2)c1.[Ir].[Ir].[Ir].[c-]1ccccc1-c1nc(-c2ccccc2)cn1-c1cncc(-c2cc(-c3cccnc3)cc(-c3cccnc3)c2)c1. The molecule has 0 aliphatic carbocycles. The standard InChI is InChI=1S/C63H75N2.C36H24N5.C31H27N2.3Ir/c1-41(2)55-36-51(37-56(42(3)4)58(55)65-38-57(52-31-43(5)30-44(6)32-52)64-59(65)47-20-18-17-19-21-47)50-34-48(45-22-26-53(27-23-45)62(13,14)39-60(7,8)9)33-49(35-50)46-24-28-54(29-25-46)63(15,16)40-61(10,11)12;1-3-9-26(10-4-1)35-25-41(36(40-35)27-11-5-2-6-12-27)34-20-33(23-39-24-34)32-18-30(28-13-7-15-37-21-28)17-31(19-32)29-14-8-16-38-22-29;1-21-15-22(2)17-28(16-21)29-20-33(31(32-29)26-13-9-6-10-14-26)30-23(3)18-27(19-24(30)4)25-11-7-5-8-12-25;;;/h17-20,22-38,41-42H,39-40H2,1-16H3;1-11,13-25H;5-13,15-20H,1-4H3;;;/q3*-1;;;. The summed E-state index contributed by atoms with van der Waals surface area (Å²) in [5.41, 5.74) is 41.9. The maximum Gasteiger partial charge on any atom is 0.0772 e. The van der Waals surface area contributed by atoms with Crippen LogP contribution >= 0.6 is 0 Å². The third-order valence-corrected chi connectivity index (χ3v) is 26.0. The van der Waals surface area contributed by atoms with Crippen molar-refractivity contribution in [2.45, 2.75) is 174 Å². The summed E-state index contributed by atoms with van der Waals surface area (Å²) in [6.07, 6.45) is 19.9. The van der Waals surface area contributed by atoms with Crippen molar-refractivity contribution in [3.8, 4) is 163 Å². The van der Waals surface area contributed by atoms with Gasteiger partial charge in [-0.05, 0) is 286 Å². The van der Waals surface area contributed by atoms with Crippen LogP contribution in [0.4, 0.5) is 0 Å². The molecule has 0 unspecified atom stereocenters. The summed E-state index contributed by atoms with van der Waals surface area (Å²) in [5.74, 6) is 3.12. The average molecular weight is 2390 g/mol. The van der Waals surface area contributed by atoms with Gasteiger partial charge in [0.1, 0.15) is 0 Å². The molecule has 0 amide bonds. The van der Waals surface area contributed by atoms with Crippen LogP contribution in [0.15, 0.2) is 365 Å². The van der Waals surface area contributed by atoms with Gasteiger partial charge in [0.15, 0.2) is 0 Å². The second-order valence-corrected chi connectivity index (χ2v) is 42.0. The van der Waals surface area contributed by atoms with Gasteiger partial charge in [-0.1, -0.05) is 253 Å². The van der Waals surface area contributed by atoms with E-state index in [1.165, 1.54) is 112 Å². The zero-order valence-corrected chi connectivity index (χ0v) is 92.4. The van der Waals surface area contributed by atoms with Gasteiger partial charge < -0.3 is 13.7 Å². The van der Waals surface area contributed by atoms with E-state index in [4.69, 9.17) is 15.0 Å². The Morgan fingerprint density at radius 1 is 0.268 bits per heavy atom. The minimum absolute atomic E-state index is 0. The van der Waals surface area contributed by atoms with Crippen LogP contribution in [0.25, 0.3) is 163 Å². The van der Waals surface area contributed by atoms with Gasteiger partial charge in [-0.25, -0.2) is 0 Å². The molecule has 0 fully saturated rings. The molecular weight excluding hydrogens is 2260 g/mol. The molecule has 0 saturated heterocycles. The quantitative estimate of drug-likeness (QED) is 0.0628. The fourth-order valence-corrected chi connectivity index (χ4v) is 20.4. The molecule has 0 bridgehead atoms. The van der Waals surface area contributed by atoms with Crippen molar-refractivity contribution < 1.29 is 60.3 Å². The van der Waals surface area contributed by atoms with Gasteiger partial charge in [-0.15, -0.1) is 108 Å². The Labute approximate surface area is 883 Å². The smallest absolute Gasteiger partial charge is 0.0772 e. The monoisotopic (exact) mass is 2390 g/mol. The van der Waals surface area contributed by atoms with Crippen LogP contribution in [0.5, 0.6) is 0 Å². The number of benzene rings is 13. The van der Waals surface area contributed by atoms with Crippen LogP contribution in [-0.4, -0.2) is 43.6 Å². The molecule has 3 radical (unpaired) electrons. The van der Waals surface area contributed by atoms with Crippen molar-refractivity contribution >= 4 is 0 Å². The number of aryl methyl sites for hydroxylation is 6. The van der Waals surface area contributed by atoms with E-state index in [2.05, 4.69) is 428 Å². The third kappa shape index (κ3) is 24.8. The van der Waals surface area contributed by atoms with Crippen molar-refractivity contribution in [1.29, 1.82) is 0 Å². The zero-order valence-electron chi connectivity index (χ0n) is 85.2. The summed E-state index contributed by atoms with van der Waals surface area (Å²) in [4.78, 5) is 28.9. The number of hydrogen-bond acceptors (Lipinski definition) is 6. The summed E-state index contributed by atoms with van der Waals surface area (Å²) in [6, 6.07) is 121. The number of nitrogens with zero attached hydrogens (tertiary/aromatic N) is 9. The molecule has 721 valence electrons. The normalized spacial score (nSPS) is 11.5. The Morgan fingerprint density at radius 3 is 0.958 bits per heavy atom. The van der Waals surface area contributed by atoms with Crippen LogP contribution in [0.2, 0.25) is 0 Å². The van der Waals surface area contributed by atoms with E-state index in [1.54, 1.807) is 12.4 Å². The maximum atomic E-state index is 5.39. The second-order valence-electron chi connectivity index (χ2n) is 42.0. The number of rotatable bonds is 22. The zero-order chi connectivity index (χ0) is 97.6. The van der Waals surface area contributed by atoms with Gasteiger partial charge >= 0.3 is 0 Å². The number of pyridine rings is 3. The first-order valence-corrected chi connectivity index (χ1v) is 48.8. The molecule has 0 aliphatic heterocycles. The molecule has 0 atom stereocenters. The van der Waals surface area contributed by atoms with Crippen molar-refractivity contribution in [3.05, 3.63) is 439 Å². The molecule has 13 aromatic carbocycles. The van der Waals surface area contributed by atoms with Crippen molar-refractivity contribution in [1.82, 2.24) is 43.6 Å². The van der Waals surface area contributed by atoms with Crippen LogP contribution < -0.4 is 0 Å². The van der Waals surface area contributed by atoms with Crippen molar-refractivity contribution in [2.75, 3.05) is 0 Å². The first-order chi connectivity index (χ1) is 66.7. The largest absolute Gasteiger partial charge is 0.339 e. The number of aromatic nitrogens is 9. The van der Waals surface area contributed by atoms with Crippen LogP contribution in [0, 0.1) is 70.6 Å². The van der Waals surface area contributed by atoms with Gasteiger partial charge in [0, 0.05) is 155 Å². The second kappa shape index (κ2) is 45.0. The Morgan fingerprint density at radius 2 is 0.585 bits per heavy atom. The minimum Gasteiger partial charge on any atom is -0.339 e. The first kappa shape index (κ1) is 105. The van der Waals surface area contributed by atoms with E-state index in [9.17, 15) is 0 Å². The van der Waals surface area contributed by atoms with E-state index in [0.717, 1.165) is 120 Å². The average Bonchev–Trinajstić information content (AvgIpc) is 1.52. The molecule has 142 heavy (non-hydrogen) atoms. The van der Waals surface area contributed by atoms with Gasteiger partial charge in [-0.2, -0.15) is 0 Å². The van der Waals surface area contributed by atoms with Gasteiger partial charge in [-0.3, -0.25) is 29.9 Å². The molecule has 0 spiro atoms. The Balaban J connectivity index is 0.000000178. The van der Waals surface area contributed by atoms with Gasteiger partial charge in [0.05, 0.1) is 46.4 Å². The minimum atomic E-state index is 0. The molecule has 0 N–H and O–H groups in total. The maximum absolute atomic E-state index is 5.39. The van der Waals surface area contributed by atoms with Crippen LogP contribution in [-0.2, 0) is 71.1 Å². The summed E-state index contributed by atoms with van der Waals surface area (Å²) < 4.78 is 6.69. The van der Waals surface area contributed by atoms with E-state index >= 15 is 0 Å². The number of imidazole rings is 3. The molecule has 19 aromatic rings. The van der Waals surface area contributed by atoms with E-state index in [1.807, 2.05) is 110 Å². The molecule has 9 nitrogen and oxygen atoms in total. The molecule has 19 rings (SSSR count). The first-order valence-electron chi connectivity index (χ1n) is 48.8. The van der Waals surface area contributed by atoms with Crippen LogP contribution in [0.1, 0.15) is 177 Å². The summed E-state index contributed by atoms with van der Waals surface area (Å²) in [7, 11) is 0. The van der Waals surface area contributed by atoms with Gasteiger partial charge in [0.2, 0.25) is 0 Å². The molecule has 6 heterocycles. The predicted molar refractivity (Wildman–Crippen MR) is 582 cm³/mol. The molecule has 0 saturated carbocycles. The third-order valence-electron chi connectivity index (χ3n) is 26.0. The number of hydrogen-bond donors (Lipinski definition) is 0. The summed E-state index contributed by atoms with van der Waals surface area (Å²) >= 11 is 0. The Kier molecular flexibility index (Phi) is 33.2. The fraction of sp³-hybridized carbons (Fsp3) is 0.215. The molecule has 6 aromatic heterocycles. The summed E-state index contributed by atoms with van der Waals surface area (Å²) in [5, 5.41) is 0. The molecule has 0 aliphatic rings. The molecule has 12 heteroatoms. The molecular formula is C130H126Ir3N9-3. The van der Waals surface area contributed by atoms with E-state index in [-0.39, 0.29) is 93.8 Å². The Hall–Kier alpha value is -13.1.